The molecule has 0 unspecified atom stereocenters. The fourth-order valence-corrected chi connectivity index (χ4v) is 2.68. The lowest BCUT2D eigenvalue weighted by Crippen LogP contribution is -2.06. The van der Waals surface area contributed by atoms with Crippen LogP contribution < -0.4 is 0 Å². The first kappa shape index (κ1) is 16.2. The van der Waals surface area contributed by atoms with Crippen LogP contribution in [0.1, 0.15) is 15.9 Å². The van der Waals surface area contributed by atoms with Crippen LogP contribution in [0.3, 0.4) is 0 Å². The van der Waals surface area contributed by atoms with Gasteiger partial charge in [-0.25, -0.2) is 4.79 Å². The molecule has 22 heavy (non-hydrogen) atoms. The highest BCUT2D eigenvalue weighted by molar-refractivity contribution is 7.99. The van der Waals surface area contributed by atoms with Crippen molar-refractivity contribution in [3.63, 3.8) is 0 Å². The minimum absolute atomic E-state index is 0.0314. The summed E-state index contributed by atoms with van der Waals surface area (Å²) in [5, 5.41) is 9.23. The highest BCUT2D eigenvalue weighted by atomic mass is 32.2. The van der Waals surface area contributed by atoms with Crippen LogP contribution in [0.15, 0.2) is 52.3 Å². The zero-order chi connectivity index (χ0) is 16.3. The number of phenolic OH excluding ortho intramolecular Hbond substituents is 1. The van der Waals surface area contributed by atoms with E-state index < -0.39 is 23.5 Å². The molecule has 2 aromatic carbocycles. The highest BCUT2D eigenvalue weighted by Gasteiger charge is 2.34. The number of halogens is 3. The number of hydrogen-bond acceptors (Lipinski definition) is 4. The second-order valence-corrected chi connectivity index (χ2v) is 5.41. The molecule has 0 aliphatic heterocycles. The van der Waals surface area contributed by atoms with Crippen LogP contribution in [-0.4, -0.2) is 18.2 Å². The number of carbonyl (C=O) groups excluding carboxylic acids is 1. The summed E-state index contributed by atoms with van der Waals surface area (Å²) in [5.41, 5.74) is -0.594. The van der Waals surface area contributed by atoms with Gasteiger partial charge in [0.2, 0.25) is 0 Å². The van der Waals surface area contributed by atoms with Crippen LogP contribution in [0, 0.1) is 0 Å². The second kappa shape index (κ2) is 6.31. The van der Waals surface area contributed by atoms with Crippen LogP contribution >= 0.6 is 11.8 Å². The monoisotopic (exact) mass is 328 g/mol. The molecular weight excluding hydrogens is 317 g/mol. The van der Waals surface area contributed by atoms with Crippen LogP contribution in [0.25, 0.3) is 0 Å². The molecule has 0 radical (unpaired) electrons. The van der Waals surface area contributed by atoms with Gasteiger partial charge in [0.1, 0.15) is 5.75 Å². The van der Waals surface area contributed by atoms with Gasteiger partial charge in [-0.1, -0.05) is 11.8 Å². The Kier molecular flexibility index (Phi) is 4.65. The van der Waals surface area contributed by atoms with E-state index in [1.165, 1.54) is 43.5 Å². The topological polar surface area (TPSA) is 46.5 Å². The largest absolute Gasteiger partial charge is 0.508 e. The third kappa shape index (κ3) is 3.73. The predicted molar refractivity (Wildman–Crippen MR) is 75.0 cm³/mol. The van der Waals surface area contributed by atoms with E-state index in [1.54, 1.807) is 0 Å². The number of methoxy groups -OCH3 is 1. The molecule has 2 aromatic rings. The second-order valence-electron chi connectivity index (χ2n) is 4.30. The number of rotatable bonds is 3. The van der Waals surface area contributed by atoms with Crippen molar-refractivity contribution in [3.05, 3.63) is 53.6 Å². The minimum Gasteiger partial charge on any atom is -0.508 e. The number of aromatic hydroxyl groups is 1. The molecule has 0 aliphatic rings. The van der Waals surface area contributed by atoms with Crippen molar-refractivity contribution >= 4 is 17.7 Å². The Morgan fingerprint density at radius 2 is 1.77 bits per heavy atom. The highest BCUT2D eigenvalue weighted by Crippen LogP contribution is 2.41. The Bertz CT molecular complexity index is 681. The average molecular weight is 328 g/mol. The van der Waals surface area contributed by atoms with Gasteiger partial charge in [0.15, 0.2) is 0 Å². The van der Waals surface area contributed by atoms with Gasteiger partial charge in [0.25, 0.3) is 0 Å². The van der Waals surface area contributed by atoms with E-state index in [1.807, 2.05) is 0 Å². The van der Waals surface area contributed by atoms with E-state index in [0.29, 0.717) is 16.5 Å². The fourth-order valence-electron chi connectivity index (χ4n) is 1.73. The Labute approximate surface area is 128 Å². The summed E-state index contributed by atoms with van der Waals surface area (Å²) in [7, 11) is 1.25. The van der Waals surface area contributed by atoms with Crippen molar-refractivity contribution in [2.24, 2.45) is 0 Å². The Morgan fingerprint density at radius 1 is 1.14 bits per heavy atom. The zero-order valence-electron chi connectivity index (χ0n) is 11.3. The summed E-state index contributed by atoms with van der Waals surface area (Å²) in [6, 6.07) is 9.10. The molecule has 2 rings (SSSR count). The van der Waals surface area contributed by atoms with Crippen molar-refractivity contribution in [1.82, 2.24) is 0 Å². The minimum atomic E-state index is -4.56. The van der Waals surface area contributed by atoms with Gasteiger partial charge in [-0.3, -0.25) is 0 Å². The molecule has 0 aromatic heterocycles. The van der Waals surface area contributed by atoms with Gasteiger partial charge in [0, 0.05) is 9.79 Å². The Morgan fingerprint density at radius 3 is 2.32 bits per heavy atom. The third-order valence-electron chi connectivity index (χ3n) is 2.77. The van der Waals surface area contributed by atoms with E-state index in [2.05, 4.69) is 4.74 Å². The van der Waals surface area contributed by atoms with Crippen molar-refractivity contribution in [1.29, 1.82) is 0 Å². The normalized spacial score (nSPS) is 11.3. The summed E-state index contributed by atoms with van der Waals surface area (Å²) in [6.07, 6.45) is -4.56. The van der Waals surface area contributed by atoms with E-state index in [0.717, 1.165) is 11.8 Å². The van der Waals surface area contributed by atoms with Crippen LogP contribution in [0.5, 0.6) is 5.75 Å². The molecule has 0 heterocycles. The number of hydrogen-bond donors (Lipinski definition) is 1. The molecule has 0 amide bonds. The molecule has 0 atom stereocenters. The SMILES string of the molecule is COC(=O)c1ccc(Sc2ccc(O)cc2C(F)(F)F)cc1. The number of carbonyl (C=O) groups is 1. The first-order valence-corrected chi connectivity index (χ1v) is 6.89. The molecule has 116 valence electrons. The van der Waals surface area contributed by atoms with Gasteiger partial charge in [-0.15, -0.1) is 0 Å². The molecule has 0 fully saturated rings. The first-order valence-electron chi connectivity index (χ1n) is 6.07. The van der Waals surface area contributed by atoms with Gasteiger partial charge in [-0.05, 0) is 42.5 Å². The van der Waals surface area contributed by atoms with Crippen LogP contribution in [0.2, 0.25) is 0 Å². The van der Waals surface area contributed by atoms with E-state index >= 15 is 0 Å². The predicted octanol–water partition coefficient (Wildman–Crippen LogP) is 4.35. The number of ether oxygens (including phenoxy) is 1. The van der Waals surface area contributed by atoms with Gasteiger partial charge in [-0.2, -0.15) is 13.2 Å². The van der Waals surface area contributed by atoms with Crippen molar-refractivity contribution in [3.8, 4) is 5.75 Å². The average Bonchev–Trinajstić information content (AvgIpc) is 2.48. The molecular formula is C15H11F3O3S. The molecule has 7 heteroatoms. The summed E-state index contributed by atoms with van der Waals surface area (Å²) in [6.45, 7) is 0. The molecule has 1 N–H and O–H groups in total. The summed E-state index contributed by atoms with van der Waals surface area (Å²) < 4.78 is 43.4. The summed E-state index contributed by atoms with van der Waals surface area (Å²) in [5.74, 6) is -0.963. The van der Waals surface area contributed by atoms with Gasteiger partial charge < -0.3 is 9.84 Å². The van der Waals surface area contributed by atoms with Crippen molar-refractivity contribution < 1.29 is 27.8 Å². The standard InChI is InChI=1S/C15H11F3O3S/c1-21-14(20)9-2-5-11(6-3-9)22-13-7-4-10(19)8-12(13)15(16,17)18/h2-8,19H,1H3. The number of alkyl halides is 3. The zero-order valence-corrected chi connectivity index (χ0v) is 12.2. The molecule has 0 bridgehead atoms. The summed E-state index contributed by atoms with van der Waals surface area (Å²) in [4.78, 5) is 11.8. The maximum absolute atomic E-state index is 13.0. The van der Waals surface area contributed by atoms with Gasteiger partial charge >= 0.3 is 12.1 Å². The van der Waals surface area contributed by atoms with Crippen molar-refractivity contribution in [2.45, 2.75) is 16.0 Å². The van der Waals surface area contributed by atoms with Crippen LogP contribution in [0.4, 0.5) is 13.2 Å². The van der Waals surface area contributed by atoms with E-state index in [4.69, 9.17) is 0 Å². The third-order valence-corrected chi connectivity index (χ3v) is 3.86. The Balaban J connectivity index is 2.29. The van der Waals surface area contributed by atoms with E-state index in [9.17, 15) is 23.1 Å². The lowest BCUT2D eigenvalue weighted by molar-refractivity contribution is -0.139. The number of phenols is 1. The quantitative estimate of drug-likeness (QED) is 0.851. The van der Waals surface area contributed by atoms with E-state index in [-0.39, 0.29) is 4.90 Å². The molecule has 0 saturated heterocycles. The first-order chi connectivity index (χ1) is 10.3. The summed E-state index contributed by atoms with van der Waals surface area (Å²) >= 11 is 0.895. The maximum Gasteiger partial charge on any atom is 0.417 e. The molecule has 0 saturated carbocycles. The molecule has 0 aliphatic carbocycles. The van der Waals surface area contributed by atoms with Crippen LogP contribution in [-0.2, 0) is 10.9 Å². The lowest BCUT2D eigenvalue weighted by Gasteiger charge is -2.13. The van der Waals surface area contributed by atoms with Gasteiger partial charge in [0.05, 0.1) is 18.2 Å². The lowest BCUT2D eigenvalue weighted by atomic mass is 10.2. The maximum atomic E-state index is 13.0. The van der Waals surface area contributed by atoms with Crippen molar-refractivity contribution in [2.75, 3.05) is 7.11 Å². The Hall–Kier alpha value is -2.15. The number of esters is 1. The molecule has 0 spiro atoms. The fraction of sp³-hybridized carbons (Fsp3) is 0.133. The molecule has 3 nitrogen and oxygen atoms in total. The number of benzene rings is 2. The smallest absolute Gasteiger partial charge is 0.417 e.